The Kier molecular flexibility index (Phi) is 6.57. The Bertz CT molecular complexity index is 222. The van der Waals surface area contributed by atoms with E-state index in [4.69, 9.17) is 0 Å². The van der Waals surface area contributed by atoms with E-state index in [2.05, 4.69) is 31.0 Å². The van der Waals surface area contributed by atoms with Crippen LogP contribution in [0.1, 0.15) is 40.0 Å². The minimum absolute atomic E-state index is 0.263. The number of rotatable bonds is 8. The first kappa shape index (κ1) is 15.9. The van der Waals surface area contributed by atoms with Gasteiger partial charge in [-0.3, -0.25) is 4.90 Å². The van der Waals surface area contributed by atoms with Gasteiger partial charge >= 0.3 is 0 Å². The zero-order chi connectivity index (χ0) is 13.6. The number of nitrogens with one attached hydrogen (secondary N) is 1. The molecule has 1 aliphatic rings. The zero-order valence-corrected chi connectivity index (χ0v) is 12.2. The first-order valence-corrected chi connectivity index (χ1v) is 7.36. The molecule has 1 aliphatic heterocycles. The summed E-state index contributed by atoms with van der Waals surface area (Å²) in [6.07, 6.45) is 2.27. The molecule has 2 atom stereocenters. The van der Waals surface area contributed by atoms with E-state index in [1.807, 2.05) is 0 Å². The molecule has 2 unspecified atom stereocenters. The third kappa shape index (κ3) is 4.19. The lowest BCUT2D eigenvalue weighted by Gasteiger charge is -2.36. The van der Waals surface area contributed by atoms with Crippen molar-refractivity contribution in [2.24, 2.45) is 5.41 Å². The molecule has 4 nitrogen and oxygen atoms in total. The van der Waals surface area contributed by atoms with E-state index in [-0.39, 0.29) is 5.41 Å². The molecule has 3 N–H and O–H groups in total. The molecule has 0 aromatic rings. The smallest absolute Gasteiger partial charge is 0.0938 e. The molecule has 1 fully saturated rings. The number of nitrogens with zero attached hydrogens (tertiary/aromatic N) is 1. The summed E-state index contributed by atoms with van der Waals surface area (Å²) < 4.78 is 0. The van der Waals surface area contributed by atoms with E-state index in [0.717, 1.165) is 38.9 Å². The first-order valence-electron chi connectivity index (χ1n) is 7.36. The van der Waals surface area contributed by atoms with Gasteiger partial charge in [-0.1, -0.05) is 20.8 Å². The molecule has 4 heteroatoms. The van der Waals surface area contributed by atoms with Crippen LogP contribution in [0.25, 0.3) is 0 Å². The minimum Gasteiger partial charge on any atom is -0.389 e. The Morgan fingerprint density at radius 2 is 1.67 bits per heavy atom. The van der Waals surface area contributed by atoms with Crippen molar-refractivity contribution in [3.8, 4) is 0 Å². The van der Waals surface area contributed by atoms with Gasteiger partial charge in [0.15, 0.2) is 0 Å². The van der Waals surface area contributed by atoms with Crippen LogP contribution in [0.15, 0.2) is 0 Å². The zero-order valence-electron chi connectivity index (χ0n) is 12.2. The van der Waals surface area contributed by atoms with Crippen molar-refractivity contribution >= 4 is 0 Å². The minimum atomic E-state index is -0.569. The summed E-state index contributed by atoms with van der Waals surface area (Å²) in [5, 5.41) is 22.8. The predicted molar refractivity (Wildman–Crippen MR) is 74.6 cm³/mol. The monoisotopic (exact) mass is 258 g/mol. The highest BCUT2D eigenvalue weighted by Crippen LogP contribution is 2.28. The van der Waals surface area contributed by atoms with Gasteiger partial charge in [0.2, 0.25) is 0 Å². The van der Waals surface area contributed by atoms with Crippen LogP contribution in [0.3, 0.4) is 0 Å². The molecule has 18 heavy (non-hydrogen) atoms. The second-order valence-electron chi connectivity index (χ2n) is 5.71. The van der Waals surface area contributed by atoms with E-state index in [0.29, 0.717) is 13.1 Å². The van der Waals surface area contributed by atoms with Crippen molar-refractivity contribution in [2.75, 3.05) is 32.7 Å². The summed E-state index contributed by atoms with van der Waals surface area (Å²) in [6, 6.07) is 0. The lowest BCUT2D eigenvalue weighted by Crippen LogP contribution is -2.43. The Morgan fingerprint density at radius 1 is 1.11 bits per heavy atom. The number of hydrogen-bond acceptors (Lipinski definition) is 4. The van der Waals surface area contributed by atoms with E-state index in [1.54, 1.807) is 0 Å². The van der Waals surface area contributed by atoms with Crippen LogP contribution in [-0.4, -0.2) is 60.0 Å². The molecule has 0 saturated carbocycles. The van der Waals surface area contributed by atoms with E-state index in [9.17, 15) is 10.2 Å². The summed E-state index contributed by atoms with van der Waals surface area (Å²) in [4.78, 5) is 2.20. The van der Waals surface area contributed by atoms with Crippen molar-refractivity contribution < 1.29 is 10.2 Å². The van der Waals surface area contributed by atoms with Crippen molar-refractivity contribution in [1.82, 2.24) is 10.2 Å². The van der Waals surface area contributed by atoms with Crippen molar-refractivity contribution in [2.45, 2.75) is 52.2 Å². The molecule has 1 rings (SSSR count). The summed E-state index contributed by atoms with van der Waals surface area (Å²) in [6.45, 7) is 10.9. The molecule has 0 aromatic carbocycles. The maximum absolute atomic E-state index is 9.62. The van der Waals surface area contributed by atoms with Gasteiger partial charge < -0.3 is 15.5 Å². The fourth-order valence-corrected chi connectivity index (χ4v) is 2.76. The number of β-amino-alcohol motifs (C(OH)–C–C–N with tert-alkyl or cyclic N) is 2. The average Bonchev–Trinajstić information content (AvgIpc) is 2.67. The summed E-state index contributed by atoms with van der Waals surface area (Å²) in [5.74, 6) is 0. The van der Waals surface area contributed by atoms with Gasteiger partial charge in [-0.05, 0) is 31.2 Å². The average molecular weight is 258 g/mol. The van der Waals surface area contributed by atoms with Crippen LogP contribution in [0.5, 0.6) is 0 Å². The Labute approximate surface area is 111 Å². The largest absolute Gasteiger partial charge is 0.389 e. The molecule has 0 bridgehead atoms. The van der Waals surface area contributed by atoms with Crippen molar-refractivity contribution in [3.05, 3.63) is 0 Å². The number of hydrogen-bond donors (Lipinski definition) is 3. The Hall–Kier alpha value is -0.160. The molecular formula is C14H30N2O2. The maximum Gasteiger partial charge on any atom is 0.0938 e. The summed E-state index contributed by atoms with van der Waals surface area (Å²) >= 11 is 0. The molecule has 108 valence electrons. The van der Waals surface area contributed by atoms with E-state index in [1.165, 1.54) is 0 Å². The van der Waals surface area contributed by atoms with Gasteiger partial charge in [0, 0.05) is 26.2 Å². The Balaban J connectivity index is 2.51. The van der Waals surface area contributed by atoms with Gasteiger partial charge in [-0.25, -0.2) is 0 Å². The lowest BCUT2D eigenvalue weighted by molar-refractivity contribution is 0.0572. The van der Waals surface area contributed by atoms with Crippen LogP contribution >= 0.6 is 0 Å². The molecular weight excluding hydrogens is 228 g/mol. The van der Waals surface area contributed by atoms with Crippen LogP contribution in [-0.2, 0) is 0 Å². The third-order valence-electron chi connectivity index (χ3n) is 4.32. The van der Waals surface area contributed by atoms with Crippen LogP contribution < -0.4 is 5.32 Å². The van der Waals surface area contributed by atoms with Gasteiger partial charge in [-0.2, -0.15) is 0 Å². The number of aliphatic hydroxyl groups is 2. The number of likely N-dealkylation sites (tertiary alicyclic amines) is 1. The highest BCUT2D eigenvalue weighted by atomic mass is 16.3. The molecule has 0 aromatic heterocycles. The van der Waals surface area contributed by atoms with Gasteiger partial charge in [-0.15, -0.1) is 0 Å². The van der Waals surface area contributed by atoms with Gasteiger partial charge in [0.1, 0.15) is 0 Å². The molecule has 0 spiro atoms. The quantitative estimate of drug-likeness (QED) is 0.565. The second kappa shape index (κ2) is 7.43. The third-order valence-corrected chi connectivity index (χ3v) is 4.32. The van der Waals surface area contributed by atoms with Crippen molar-refractivity contribution in [1.29, 1.82) is 0 Å². The van der Waals surface area contributed by atoms with Gasteiger partial charge in [0.25, 0.3) is 0 Å². The molecule has 0 radical (unpaired) electrons. The Morgan fingerprint density at radius 3 is 2.11 bits per heavy atom. The molecule has 0 amide bonds. The second-order valence-corrected chi connectivity index (χ2v) is 5.71. The van der Waals surface area contributed by atoms with Gasteiger partial charge in [0.05, 0.1) is 12.2 Å². The topological polar surface area (TPSA) is 55.7 Å². The normalized spacial score (nSPS) is 25.8. The summed E-state index contributed by atoms with van der Waals surface area (Å²) in [5.41, 5.74) is 0.263. The number of aliphatic hydroxyl groups excluding tert-OH is 2. The van der Waals surface area contributed by atoms with Crippen molar-refractivity contribution in [3.63, 3.8) is 0 Å². The predicted octanol–water partition coefficient (Wildman–Crippen LogP) is 0.830. The lowest BCUT2D eigenvalue weighted by atomic mass is 9.81. The highest BCUT2D eigenvalue weighted by molar-refractivity contribution is 4.89. The molecule has 1 saturated heterocycles. The van der Waals surface area contributed by atoms with Crippen LogP contribution in [0.2, 0.25) is 0 Å². The van der Waals surface area contributed by atoms with Crippen LogP contribution in [0, 0.1) is 5.41 Å². The first-order chi connectivity index (χ1) is 8.56. The van der Waals surface area contributed by atoms with E-state index < -0.39 is 12.2 Å². The SMILES string of the molecule is CCCNCC(CC)(CC)CN1CC(O)C(O)C1. The molecule has 0 aliphatic carbocycles. The van der Waals surface area contributed by atoms with E-state index >= 15 is 0 Å². The maximum atomic E-state index is 9.62. The fourth-order valence-electron chi connectivity index (χ4n) is 2.76. The standard InChI is InChI=1S/C14H30N2O2/c1-4-7-15-10-14(5-2,6-3)11-16-8-12(17)13(18)9-16/h12-13,15,17-18H,4-11H2,1-3H3. The molecule has 1 heterocycles. The highest BCUT2D eigenvalue weighted by Gasteiger charge is 2.35. The fraction of sp³-hybridized carbons (Fsp3) is 1.00. The summed E-state index contributed by atoms with van der Waals surface area (Å²) in [7, 11) is 0. The van der Waals surface area contributed by atoms with Crippen LogP contribution in [0.4, 0.5) is 0 Å².